The molecule has 1 aliphatic rings. The summed E-state index contributed by atoms with van der Waals surface area (Å²) in [6.07, 6.45) is 4.68. The van der Waals surface area contributed by atoms with Gasteiger partial charge in [-0.05, 0) is 44.2 Å². The van der Waals surface area contributed by atoms with Gasteiger partial charge in [-0.15, -0.1) is 0 Å². The second kappa shape index (κ2) is 7.27. The zero-order valence-corrected chi connectivity index (χ0v) is 13.9. The summed E-state index contributed by atoms with van der Waals surface area (Å²) in [5.41, 5.74) is 0.460. The molecule has 1 heterocycles. The van der Waals surface area contributed by atoms with E-state index in [9.17, 15) is 9.59 Å². The first-order valence-electron chi connectivity index (χ1n) is 8.02. The van der Waals surface area contributed by atoms with E-state index in [1.807, 2.05) is 0 Å². The molecule has 6 heteroatoms. The molecule has 0 N–H and O–H groups in total. The van der Waals surface area contributed by atoms with Gasteiger partial charge in [-0.25, -0.2) is 4.79 Å². The lowest BCUT2D eigenvalue weighted by atomic mass is 9.87. The monoisotopic (exact) mass is 336 g/mol. The maximum Gasteiger partial charge on any atom is 0.396 e. The highest BCUT2D eigenvalue weighted by Gasteiger charge is 2.28. The molecule has 0 atom stereocenters. The van der Waals surface area contributed by atoms with Crippen molar-refractivity contribution in [3.8, 4) is 5.75 Å². The molecule has 1 aromatic carbocycles. The van der Waals surface area contributed by atoms with E-state index in [-0.39, 0.29) is 22.9 Å². The molecule has 3 rings (SSSR count). The van der Waals surface area contributed by atoms with Crippen LogP contribution >= 0.6 is 11.3 Å². The molecule has 1 aromatic heterocycles. The predicted octanol–water partition coefficient (Wildman–Crippen LogP) is 3.75. The highest BCUT2D eigenvalue weighted by atomic mass is 32.1. The molecular formula is C17H20O5S. The van der Waals surface area contributed by atoms with Gasteiger partial charge in [0.1, 0.15) is 5.75 Å². The first kappa shape index (κ1) is 16.2. The summed E-state index contributed by atoms with van der Waals surface area (Å²) >= 11 is 1.04. The minimum atomic E-state index is -0.353. The van der Waals surface area contributed by atoms with Crippen molar-refractivity contribution >= 4 is 27.6 Å². The van der Waals surface area contributed by atoms with Crippen LogP contribution in [0.15, 0.2) is 27.4 Å². The summed E-state index contributed by atoms with van der Waals surface area (Å²) in [6, 6.07) is 5.03. The van der Waals surface area contributed by atoms with Crippen LogP contribution < -0.4 is 9.68 Å². The van der Waals surface area contributed by atoms with Crippen molar-refractivity contribution in [1.29, 1.82) is 0 Å². The Hall–Kier alpha value is -1.66. The highest BCUT2D eigenvalue weighted by Crippen LogP contribution is 2.29. The number of carbonyl (C=O) groups excluding carboxylic acids is 1. The number of benzene rings is 1. The summed E-state index contributed by atoms with van der Waals surface area (Å²) in [7, 11) is 0. The van der Waals surface area contributed by atoms with Crippen molar-refractivity contribution in [1.82, 2.24) is 0 Å². The van der Waals surface area contributed by atoms with Crippen LogP contribution in [0.1, 0.15) is 39.0 Å². The summed E-state index contributed by atoms with van der Waals surface area (Å²) in [5.74, 6) is 0.130. The first-order valence-corrected chi connectivity index (χ1v) is 8.84. The van der Waals surface area contributed by atoms with Gasteiger partial charge in [0.05, 0.1) is 16.7 Å². The number of fused-ring (bicyclic) bond motifs is 1. The molecule has 1 saturated carbocycles. The predicted molar refractivity (Wildman–Crippen MR) is 88.0 cm³/mol. The molecule has 1 fully saturated rings. The smallest absolute Gasteiger partial charge is 0.396 e. The van der Waals surface area contributed by atoms with E-state index in [1.54, 1.807) is 18.2 Å². The zero-order chi connectivity index (χ0) is 16.2. The molecule has 1 aliphatic carbocycles. The third-order valence-electron chi connectivity index (χ3n) is 4.09. The molecular weight excluding hydrogens is 316 g/mol. The Morgan fingerprint density at radius 3 is 2.83 bits per heavy atom. The third-order valence-corrected chi connectivity index (χ3v) is 4.89. The molecule has 0 aliphatic heterocycles. The minimum absolute atomic E-state index is 0.0818. The van der Waals surface area contributed by atoms with Crippen LogP contribution in [-0.2, 0) is 9.53 Å². The largest absolute Gasteiger partial charge is 0.426 e. The second-order valence-corrected chi connectivity index (χ2v) is 6.81. The van der Waals surface area contributed by atoms with Crippen LogP contribution in [0.5, 0.6) is 5.75 Å². The van der Waals surface area contributed by atoms with Crippen molar-refractivity contribution in [3.63, 3.8) is 0 Å². The van der Waals surface area contributed by atoms with Crippen LogP contribution in [-0.4, -0.2) is 18.7 Å². The Balaban J connectivity index is 1.57. The fraction of sp³-hybridized carbons (Fsp3) is 0.529. The van der Waals surface area contributed by atoms with Gasteiger partial charge in [0.2, 0.25) is 0 Å². The molecule has 0 bridgehead atoms. The van der Waals surface area contributed by atoms with Crippen molar-refractivity contribution in [3.05, 3.63) is 27.9 Å². The van der Waals surface area contributed by atoms with Gasteiger partial charge in [0, 0.05) is 12.7 Å². The minimum Gasteiger partial charge on any atom is -0.426 e. The van der Waals surface area contributed by atoms with E-state index in [2.05, 4.69) is 6.92 Å². The molecule has 0 unspecified atom stereocenters. The maximum absolute atomic E-state index is 12.3. The lowest BCUT2D eigenvalue weighted by Crippen LogP contribution is -2.29. The van der Waals surface area contributed by atoms with E-state index < -0.39 is 0 Å². The van der Waals surface area contributed by atoms with Gasteiger partial charge >= 0.3 is 10.9 Å². The standard InChI is InChI=1S/C17H20O5S/c1-2-9-20-12-5-3-11(4-6-12)16(18)21-13-7-8-15-14(10-13)22-17(19)23-15/h7-8,10-12H,2-6,9H2,1H3. The highest BCUT2D eigenvalue weighted by molar-refractivity contribution is 7.16. The van der Waals surface area contributed by atoms with Crippen LogP contribution in [0, 0.1) is 5.92 Å². The summed E-state index contributed by atoms with van der Waals surface area (Å²) < 4.78 is 17.0. The molecule has 0 spiro atoms. The molecule has 2 aromatic rings. The number of rotatable bonds is 5. The second-order valence-electron chi connectivity index (χ2n) is 5.83. The van der Waals surface area contributed by atoms with Crippen LogP contribution in [0.2, 0.25) is 0 Å². The van der Waals surface area contributed by atoms with E-state index in [0.29, 0.717) is 11.3 Å². The van der Waals surface area contributed by atoms with Crippen LogP contribution in [0.4, 0.5) is 0 Å². The van der Waals surface area contributed by atoms with Gasteiger partial charge in [-0.1, -0.05) is 18.3 Å². The molecule has 0 radical (unpaired) electrons. The average molecular weight is 336 g/mol. The topological polar surface area (TPSA) is 65.7 Å². The number of esters is 1. The number of hydrogen-bond acceptors (Lipinski definition) is 6. The Morgan fingerprint density at radius 2 is 2.09 bits per heavy atom. The van der Waals surface area contributed by atoms with Crippen molar-refractivity contribution < 1.29 is 18.7 Å². The summed E-state index contributed by atoms with van der Waals surface area (Å²) in [4.78, 5) is 23.1. The SMILES string of the molecule is CCCOC1CCC(C(=O)Oc2ccc3sc(=O)oc3c2)CC1. The summed E-state index contributed by atoms with van der Waals surface area (Å²) in [6.45, 7) is 2.88. The van der Waals surface area contributed by atoms with Crippen molar-refractivity contribution in [2.24, 2.45) is 5.92 Å². The van der Waals surface area contributed by atoms with Crippen LogP contribution in [0.25, 0.3) is 10.3 Å². The van der Waals surface area contributed by atoms with E-state index in [1.165, 1.54) is 0 Å². The molecule has 23 heavy (non-hydrogen) atoms. The Labute approximate surface area is 138 Å². The van der Waals surface area contributed by atoms with Crippen molar-refractivity contribution in [2.75, 3.05) is 6.61 Å². The van der Waals surface area contributed by atoms with Crippen LogP contribution in [0.3, 0.4) is 0 Å². The van der Waals surface area contributed by atoms with E-state index >= 15 is 0 Å². The molecule has 0 saturated heterocycles. The van der Waals surface area contributed by atoms with Gasteiger partial charge in [0.15, 0.2) is 5.58 Å². The maximum atomic E-state index is 12.3. The molecule has 124 valence electrons. The van der Waals surface area contributed by atoms with Gasteiger partial charge in [0.25, 0.3) is 0 Å². The number of hydrogen-bond donors (Lipinski definition) is 0. The Bertz CT molecular complexity index is 724. The van der Waals surface area contributed by atoms with Gasteiger partial charge in [-0.3, -0.25) is 4.79 Å². The lowest BCUT2D eigenvalue weighted by Gasteiger charge is -2.27. The zero-order valence-electron chi connectivity index (χ0n) is 13.1. The normalized spacial score (nSPS) is 21.4. The fourth-order valence-corrected chi connectivity index (χ4v) is 3.51. The number of ether oxygens (including phenoxy) is 2. The molecule has 5 nitrogen and oxygen atoms in total. The van der Waals surface area contributed by atoms with Gasteiger partial charge in [-0.2, -0.15) is 0 Å². The third kappa shape index (κ3) is 4.00. The Kier molecular flexibility index (Phi) is 5.13. The quantitative estimate of drug-likeness (QED) is 0.614. The molecule has 0 amide bonds. The lowest BCUT2D eigenvalue weighted by molar-refractivity contribution is -0.141. The number of carbonyl (C=O) groups is 1. The Morgan fingerprint density at radius 1 is 1.30 bits per heavy atom. The fourth-order valence-electron chi connectivity index (χ4n) is 2.87. The average Bonchev–Trinajstić information content (AvgIpc) is 2.92. The first-order chi connectivity index (χ1) is 11.2. The summed E-state index contributed by atoms with van der Waals surface area (Å²) in [5, 5.41) is 0. The van der Waals surface area contributed by atoms with E-state index in [4.69, 9.17) is 13.9 Å². The van der Waals surface area contributed by atoms with Gasteiger partial charge < -0.3 is 13.9 Å². The van der Waals surface area contributed by atoms with E-state index in [0.717, 1.165) is 54.7 Å². The van der Waals surface area contributed by atoms with Crippen molar-refractivity contribution in [2.45, 2.75) is 45.1 Å².